The molecular weight excluding hydrogens is 268 g/mol. The highest BCUT2D eigenvalue weighted by molar-refractivity contribution is 6.30. The molecule has 0 aliphatic rings. The minimum Gasteiger partial charge on any atom is -0.437 e. The van der Waals surface area contributed by atoms with E-state index in [2.05, 4.69) is 15.4 Å². The summed E-state index contributed by atoms with van der Waals surface area (Å²) in [5, 5.41) is 19.8. The van der Waals surface area contributed by atoms with Crippen LogP contribution < -0.4 is 10.5 Å². The third-order valence-electron chi connectivity index (χ3n) is 2.41. The van der Waals surface area contributed by atoms with Gasteiger partial charge >= 0.3 is 0 Å². The van der Waals surface area contributed by atoms with Crippen molar-refractivity contribution in [2.24, 2.45) is 10.9 Å². The van der Waals surface area contributed by atoms with E-state index in [1.165, 1.54) is 6.20 Å². The van der Waals surface area contributed by atoms with Crippen LogP contribution in [0.4, 0.5) is 0 Å². The molecule has 0 atom stereocenters. The Labute approximate surface area is 114 Å². The molecule has 0 aliphatic heterocycles. The van der Waals surface area contributed by atoms with Crippen LogP contribution in [0, 0.1) is 6.92 Å². The monoisotopic (exact) mass is 278 g/mol. The molecule has 3 N–H and O–H groups in total. The van der Waals surface area contributed by atoms with E-state index in [4.69, 9.17) is 27.3 Å². The average Bonchev–Trinajstić information content (AvgIpc) is 2.41. The van der Waals surface area contributed by atoms with Crippen molar-refractivity contribution in [3.8, 4) is 11.6 Å². The highest BCUT2D eigenvalue weighted by Gasteiger charge is 2.12. The van der Waals surface area contributed by atoms with Crippen molar-refractivity contribution in [2.75, 3.05) is 0 Å². The van der Waals surface area contributed by atoms with Crippen LogP contribution in [-0.2, 0) is 0 Å². The van der Waals surface area contributed by atoms with Crippen molar-refractivity contribution >= 4 is 17.4 Å². The summed E-state index contributed by atoms with van der Waals surface area (Å²) in [6.45, 7) is 1.85. The molecule has 0 saturated heterocycles. The molecule has 0 aliphatic carbocycles. The van der Waals surface area contributed by atoms with E-state index in [1.807, 2.05) is 6.92 Å². The van der Waals surface area contributed by atoms with Gasteiger partial charge in [-0.3, -0.25) is 0 Å². The van der Waals surface area contributed by atoms with Gasteiger partial charge in [-0.25, -0.2) is 0 Å². The van der Waals surface area contributed by atoms with Gasteiger partial charge in [-0.2, -0.15) is 5.10 Å². The molecule has 2 aromatic rings. The summed E-state index contributed by atoms with van der Waals surface area (Å²) in [6.07, 6.45) is 1.43. The van der Waals surface area contributed by atoms with E-state index in [9.17, 15) is 0 Å². The Balaban J connectivity index is 2.38. The summed E-state index contributed by atoms with van der Waals surface area (Å²) >= 11 is 5.87. The molecule has 0 saturated carbocycles. The maximum Gasteiger partial charge on any atom is 0.250 e. The summed E-state index contributed by atoms with van der Waals surface area (Å²) in [7, 11) is 0. The van der Waals surface area contributed by atoms with Gasteiger partial charge in [-0.1, -0.05) is 16.8 Å². The highest BCUT2D eigenvalue weighted by atomic mass is 35.5. The van der Waals surface area contributed by atoms with Gasteiger partial charge < -0.3 is 15.7 Å². The van der Waals surface area contributed by atoms with Gasteiger partial charge in [0.2, 0.25) is 5.88 Å². The number of ether oxygens (including phenoxy) is 1. The molecule has 1 aromatic carbocycles. The van der Waals surface area contributed by atoms with Crippen molar-refractivity contribution in [3.05, 3.63) is 46.6 Å². The summed E-state index contributed by atoms with van der Waals surface area (Å²) in [5.41, 5.74) is 6.73. The van der Waals surface area contributed by atoms with Crippen LogP contribution in [0.5, 0.6) is 11.6 Å². The lowest BCUT2D eigenvalue weighted by Gasteiger charge is -2.10. The zero-order valence-corrected chi connectivity index (χ0v) is 10.8. The molecule has 2 rings (SSSR count). The second-order valence-corrected chi connectivity index (χ2v) is 4.18. The van der Waals surface area contributed by atoms with Crippen molar-refractivity contribution in [1.29, 1.82) is 0 Å². The van der Waals surface area contributed by atoms with Gasteiger partial charge in [0.05, 0.1) is 11.8 Å². The Kier molecular flexibility index (Phi) is 3.82. The van der Waals surface area contributed by atoms with Crippen LogP contribution in [0.1, 0.15) is 11.1 Å². The molecule has 0 amide bonds. The van der Waals surface area contributed by atoms with E-state index in [0.29, 0.717) is 16.3 Å². The summed E-state index contributed by atoms with van der Waals surface area (Å²) in [4.78, 5) is 0. The van der Waals surface area contributed by atoms with Gasteiger partial charge in [0.25, 0.3) is 0 Å². The number of amidine groups is 1. The number of rotatable bonds is 3. The van der Waals surface area contributed by atoms with Gasteiger partial charge in [0.15, 0.2) is 5.84 Å². The zero-order valence-electron chi connectivity index (χ0n) is 10.0. The van der Waals surface area contributed by atoms with E-state index in [-0.39, 0.29) is 11.7 Å². The fourth-order valence-corrected chi connectivity index (χ4v) is 1.70. The lowest BCUT2D eigenvalue weighted by atomic mass is 10.2. The third kappa shape index (κ3) is 2.92. The molecule has 0 radical (unpaired) electrons. The predicted molar refractivity (Wildman–Crippen MR) is 70.8 cm³/mol. The van der Waals surface area contributed by atoms with Crippen LogP contribution in [0.15, 0.2) is 35.6 Å². The van der Waals surface area contributed by atoms with Crippen LogP contribution in [-0.4, -0.2) is 21.2 Å². The molecule has 1 aromatic heterocycles. The minimum atomic E-state index is -0.100. The maximum atomic E-state index is 8.71. The van der Waals surface area contributed by atoms with Crippen LogP contribution in [0.25, 0.3) is 0 Å². The SMILES string of the molecule is Cc1cc(Cl)ccc1Oc1nnccc1/C(N)=N/O. The molecule has 0 unspecified atom stereocenters. The first-order valence-corrected chi connectivity index (χ1v) is 5.73. The molecule has 0 bridgehead atoms. The highest BCUT2D eigenvalue weighted by Crippen LogP contribution is 2.27. The Morgan fingerprint density at radius 1 is 1.42 bits per heavy atom. The topological polar surface area (TPSA) is 93.6 Å². The Morgan fingerprint density at radius 3 is 2.89 bits per heavy atom. The predicted octanol–water partition coefficient (Wildman–Crippen LogP) is 2.33. The zero-order chi connectivity index (χ0) is 13.8. The van der Waals surface area contributed by atoms with Crippen molar-refractivity contribution in [1.82, 2.24) is 10.2 Å². The van der Waals surface area contributed by atoms with E-state index < -0.39 is 0 Å². The Morgan fingerprint density at radius 2 is 2.21 bits per heavy atom. The minimum absolute atomic E-state index is 0.100. The van der Waals surface area contributed by atoms with Gasteiger partial charge in [0, 0.05) is 5.02 Å². The molecule has 0 spiro atoms. The maximum absolute atomic E-state index is 8.71. The number of aromatic nitrogens is 2. The van der Waals surface area contributed by atoms with Gasteiger partial charge in [-0.05, 0) is 36.8 Å². The van der Waals surface area contributed by atoms with Crippen molar-refractivity contribution in [3.63, 3.8) is 0 Å². The smallest absolute Gasteiger partial charge is 0.250 e. The standard InChI is InChI=1S/C12H11ClN4O2/c1-7-6-8(13)2-3-10(7)19-12-9(11(14)17-18)4-5-15-16-12/h2-6,18H,1H3,(H2,14,17). The second kappa shape index (κ2) is 5.53. The van der Waals surface area contributed by atoms with Gasteiger partial charge in [-0.15, -0.1) is 5.10 Å². The van der Waals surface area contributed by atoms with Crippen LogP contribution in [0.2, 0.25) is 5.02 Å². The first-order valence-electron chi connectivity index (χ1n) is 5.35. The summed E-state index contributed by atoms with van der Waals surface area (Å²) in [6, 6.07) is 6.71. The molecule has 19 heavy (non-hydrogen) atoms. The lowest BCUT2D eigenvalue weighted by Crippen LogP contribution is -2.15. The van der Waals surface area contributed by atoms with E-state index in [0.717, 1.165) is 5.56 Å². The molecular formula is C12H11ClN4O2. The number of nitrogens with two attached hydrogens (primary N) is 1. The van der Waals surface area contributed by atoms with Crippen LogP contribution in [0.3, 0.4) is 0 Å². The summed E-state index contributed by atoms with van der Waals surface area (Å²) in [5.74, 6) is 0.622. The molecule has 6 nitrogen and oxygen atoms in total. The lowest BCUT2D eigenvalue weighted by molar-refractivity contribution is 0.318. The largest absolute Gasteiger partial charge is 0.437 e. The molecule has 0 fully saturated rings. The third-order valence-corrected chi connectivity index (χ3v) is 2.65. The fourth-order valence-electron chi connectivity index (χ4n) is 1.47. The van der Waals surface area contributed by atoms with Gasteiger partial charge in [0.1, 0.15) is 5.75 Å². The quantitative estimate of drug-likeness (QED) is 0.389. The molecule has 7 heteroatoms. The molecule has 1 heterocycles. The fraction of sp³-hybridized carbons (Fsp3) is 0.0833. The number of oxime groups is 1. The summed E-state index contributed by atoms with van der Waals surface area (Å²) < 4.78 is 5.61. The number of halogens is 1. The first-order chi connectivity index (χ1) is 9.11. The second-order valence-electron chi connectivity index (χ2n) is 3.75. The van der Waals surface area contributed by atoms with Crippen molar-refractivity contribution < 1.29 is 9.94 Å². The van der Waals surface area contributed by atoms with Crippen molar-refractivity contribution in [2.45, 2.75) is 6.92 Å². The average molecular weight is 279 g/mol. The Hall–Kier alpha value is -2.34. The van der Waals surface area contributed by atoms with E-state index in [1.54, 1.807) is 24.3 Å². The van der Waals surface area contributed by atoms with Crippen LogP contribution >= 0.6 is 11.6 Å². The number of hydrogen-bond acceptors (Lipinski definition) is 5. The first kappa shape index (κ1) is 13.1. The number of benzene rings is 1. The number of aryl methyl sites for hydroxylation is 1. The normalized spacial score (nSPS) is 11.4. The number of hydrogen-bond donors (Lipinski definition) is 2. The Bertz CT molecular complexity index is 631. The number of nitrogens with zero attached hydrogens (tertiary/aromatic N) is 3. The van der Waals surface area contributed by atoms with E-state index >= 15 is 0 Å². The molecule has 98 valence electrons.